The molecule has 0 atom stereocenters. The lowest BCUT2D eigenvalue weighted by Gasteiger charge is -2.32. The minimum atomic E-state index is 0.222. The standard InChI is InChI=1S/C19H23NO3S/c21-19(14-16-8-13-24-15-16)20-9-6-18(7-10-20)23-12-11-22-17-4-2-1-3-5-17/h1-5,8,13,15,18H,6-7,9-12,14H2. The number of carbonyl (C=O) groups excluding carboxylic acids is 1. The van der Waals surface area contributed by atoms with Crippen molar-refractivity contribution >= 4 is 17.2 Å². The lowest BCUT2D eigenvalue weighted by molar-refractivity contribution is -0.133. The lowest BCUT2D eigenvalue weighted by Crippen LogP contribution is -2.41. The van der Waals surface area contributed by atoms with Crippen LogP contribution in [0.1, 0.15) is 18.4 Å². The Morgan fingerprint density at radius 2 is 1.92 bits per heavy atom. The molecule has 1 amide bonds. The molecule has 0 unspecified atom stereocenters. The number of carbonyl (C=O) groups is 1. The van der Waals surface area contributed by atoms with E-state index in [0.717, 1.165) is 37.2 Å². The van der Waals surface area contributed by atoms with Gasteiger partial charge in [-0.25, -0.2) is 0 Å². The van der Waals surface area contributed by atoms with Gasteiger partial charge in [-0.2, -0.15) is 11.3 Å². The molecule has 1 aliphatic heterocycles. The number of ether oxygens (including phenoxy) is 2. The predicted octanol–water partition coefficient (Wildman–Crippen LogP) is 3.38. The number of amides is 1. The normalized spacial score (nSPS) is 15.4. The molecule has 0 spiro atoms. The van der Waals surface area contributed by atoms with Crippen LogP contribution in [-0.4, -0.2) is 43.2 Å². The Morgan fingerprint density at radius 1 is 1.12 bits per heavy atom. The fraction of sp³-hybridized carbons (Fsp3) is 0.421. The smallest absolute Gasteiger partial charge is 0.227 e. The zero-order valence-electron chi connectivity index (χ0n) is 13.7. The van der Waals surface area contributed by atoms with Crippen molar-refractivity contribution in [2.24, 2.45) is 0 Å². The first-order chi connectivity index (χ1) is 11.8. The summed E-state index contributed by atoms with van der Waals surface area (Å²) < 4.78 is 11.5. The van der Waals surface area contributed by atoms with Crippen molar-refractivity contribution in [3.05, 3.63) is 52.7 Å². The van der Waals surface area contributed by atoms with Crippen molar-refractivity contribution in [2.75, 3.05) is 26.3 Å². The van der Waals surface area contributed by atoms with Crippen LogP contribution in [0.25, 0.3) is 0 Å². The SMILES string of the molecule is O=C(Cc1ccsc1)N1CCC(OCCOc2ccccc2)CC1. The first-order valence-corrected chi connectivity index (χ1v) is 9.34. The minimum absolute atomic E-state index is 0.222. The molecule has 3 rings (SSSR count). The van der Waals surface area contributed by atoms with Gasteiger partial charge in [0.05, 0.1) is 19.1 Å². The molecule has 4 nitrogen and oxygen atoms in total. The Morgan fingerprint density at radius 3 is 2.62 bits per heavy atom. The number of thiophene rings is 1. The van der Waals surface area contributed by atoms with Gasteiger partial charge in [0, 0.05) is 13.1 Å². The summed E-state index contributed by atoms with van der Waals surface area (Å²) in [5.74, 6) is 1.09. The summed E-state index contributed by atoms with van der Waals surface area (Å²) in [7, 11) is 0. The van der Waals surface area contributed by atoms with Crippen molar-refractivity contribution in [3.63, 3.8) is 0 Å². The zero-order valence-corrected chi connectivity index (χ0v) is 14.5. The second-order valence-corrected chi connectivity index (χ2v) is 6.70. The summed E-state index contributed by atoms with van der Waals surface area (Å²) in [6.07, 6.45) is 2.55. The first-order valence-electron chi connectivity index (χ1n) is 8.39. The molecule has 2 heterocycles. The van der Waals surface area contributed by atoms with E-state index in [1.54, 1.807) is 11.3 Å². The van der Waals surface area contributed by atoms with E-state index in [1.807, 2.05) is 52.1 Å². The maximum Gasteiger partial charge on any atom is 0.227 e. The van der Waals surface area contributed by atoms with E-state index in [9.17, 15) is 4.79 Å². The number of hydrogen-bond donors (Lipinski definition) is 0. The van der Waals surface area contributed by atoms with Gasteiger partial charge in [0.1, 0.15) is 12.4 Å². The van der Waals surface area contributed by atoms with Crippen LogP contribution in [0.15, 0.2) is 47.2 Å². The van der Waals surface area contributed by atoms with E-state index in [0.29, 0.717) is 19.6 Å². The number of para-hydroxylation sites is 1. The maximum absolute atomic E-state index is 12.3. The highest BCUT2D eigenvalue weighted by atomic mass is 32.1. The summed E-state index contributed by atoms with van der Waals surface area (Å²) in [5.41, 5.74) is 1.11. The summed E-state index contributed by atoms with van der Waals surface area (Å²) in [4.78, 5) is 14.2. The van der Waals surface area contributed by atoms with Crippen LogP contribution in [-0.2, 0) is 16.0 Å². The maximum atomic E-state index is 12.3. The molecule has 0 N–H and O–H groups in total. The van der Waals surface area contributed by atoms with Crippen LogP contribution in [0.4, 0.5) is 0 Å². The van der Waals surface area contributed by atoms with Gasteiger partial charge in [-0.15, -0.1) is 0 Å². The number of nitrogens with zero attached hydrogens (tertiary/aromatic N) is 1. The molecular weight excluding hydrogens is 322 g/mol. The van der Waals surface area contributed by atoms with Gasteiger partial charge >= 0.3 is 0 Å². The molecule has 5 heteroatoms. The number of hydrogen-bond acceptors (Lipinski definition) is 4. The van der Waals surface area contributed by atoms with Gasteiger partial charge in [-0.1, -0.05) is 18.2 Å². The quantitative estimate of drug-likeness (QED) is 0.722. The Bertz CT molecular complexity index is 607. The van der Waals surface area contributed by atoms with Crippen LogP contribution in [0.2, 0.25) is 0 Å². The van der Waals surface area contributed by atoms with E-state index >= 15 is 0 Å². The Labute approximate surface area is 147 Å². The third-order valence-corrected chi connectivity index (χ3v) is 4.91. The van der Waals surface area contributed by atoms with E-state index in [2.05, 4.69) is 0 Å². The zero-order chi connectivity index (χ0) is 16.6. The van der Waals surface area contributed by atoms with Gasteiger partial charge in [0.15, 0.2) is 0 Å². The van der Waals surface area contributed by atoms with Gasteiger partial charge in [-0.05, 0) is 47.4 Å². The van der Waals surface area contributed by atoms with Crippen LogP contribution in [0, 0.1) is 0 Å². The fourth-order valence-corrected chi connectivity index (χ4v) is 3.51. The topological polar surface area (TPSA) is 38.8 Å². The molecule has 1 fully saturated rings. The second kappa shape index (κ2) is 8.85. The van der Waals surface area contributed by atoms with Gasteiger partial charge in [-0.3, -0.25) is 4.79 Å². The minimum Gasteiger partial charge on any atom is -0.491 e. The van der Waals surface area contributed by atoms with Gasteiger partial charge < -0.3 is 14.4 Å². The van der Waals surface area contributed by atoms with Gasteiger partial charge in [0.25, 0.3) is 0 Å². The molecule has 1 aliphatic rings. The predicted molar refractivity (Wildman–Crippen MR) is 95.5 cm³/mol. The van der Waals surface area contributed by atoms with Crippen molar-refractivity contribution in [1.82, 2.24) is 4.90 Å². The highest BCUT2D eigenvalue weighted by Gasteiger charge is 2.23. The molecule has 0 bridgehead atoms. The van der Waals surface area contributed by atoms with E-state index in [1.165, 1.54) is 0 Å². The van der Waals surface area contributed by atoms with Crippen molar-refractivity contribution in [3.8, 4) is 5.75 Å². The van der Waals surface area contributed by atoms with Crippen LogP contribution in [0.3, 0.4) is 0 Å². The fourth-order valence-electron chi connectivity index (χ4n) is 2.84. The van der Waals surface area contributed by atoms with Crippen molar-refractivity contribution < 1.29 is 14.3 Å². The highest BCUT2D eigenvalue weighted by Crippen LogP contribution is 2.16. The third kappa shape index (κ3) is 5.08. The summed E-state index contributed by atoms with van der Waals surface area (Å²) >= 11 is 1.64. The average Bonchev–Trinajstić information content (AvgIpc) is 3.13. The van der Waals surface area contributed by atoms with E-state index < -0.39 is 0 Å². The summed E-state index contributed by atoms with van der Waals surface area (Å²) in [6.45, 7) is 2.71. The molecule has 2 aromatic rings. The lowest BCUT2D eigenvalue weighted by atomic mass is 10.1. The van der Waals surface area contributed by atoms with Crippen LogP contribution < -0.4 is 4.74 Å². The molecule has 0 saturated carbocycles. The highest BCUT2D eigenvalue weighted by molar-refractivity contribution is 7.07. The monoisotopic (exact) mass is 345 g/mol. The van der Waals surface area contributed by atoms with Crippen molar-refractivity contribution in [2.45, 2.75) is 25.4 Å². The molecule has 24 heavy (non-hydrogen) atoms. The Kier molecular flexibility index (Phi) is 6.26. The van der Waals surface area contributed by atoms with Gasteiger partial charge in [0.2, 0.25) is 5.91 Å². The summed E-state index contributed by atoms with van der Waals surface area (Å²) in [5, 5.41) is 4.06. The molecule has 1 aromatic heterocycles. The molecule has 0 aliphatic carbocycles. The summed E-state index contributed by atoms with van der Waals surface area (Å²) in [6, 6.07) is 11.8. The first kappa shape index (κ1) is 17.0. The number of rotatable bonds is 7. The molecule has 0 radical (unpaired) electrons. The van der Waals surface area contributed by atoms with Crippen LogP contribution >= 0.6 is 11.3 Å². The largest absolute Gasteiger partial charge is 0.491 e. The van der Waals surface area contributed by atoms with E-state index in [4.69, 9.17) is 9.47 Å². The number of benzene rings is 1. The Hall–Kier alpha value is -1.85. The second-order valence-electron chi connectivity index (χ2n) is 5.92. The molecule has 1 aromatic carbocycles. The number of piperidine rings is 1. The van der Waals surface area contributed by atoms with Crippen LogP contribution in [0.5, 0.6) is 5.75 Å². The number of likely N-dealkylation sites (tertiary alicyclic amines) is 1. The van der Waals surface area contributed by atoms with Crippen molar-refractivity contribution in [1.29, 1.82) is 0 Å². The molecule has 128 valence electrons. The Balaban J connectivity index is 1.31. The molecular formula is C19H23NO3S. The third-order valence-electron chi connectivity index (χ3n) is 4.18. The average molecular weight is 345 g/mol. The van der Waals surface area contributed by atoms with E-state index in [-0.39, 0.29) is 12.0 Å². The molecule has 1 saturated heterocycles.